The van der Waals surface area contributed by atoms with E-state index in [-0.39, 0.29) is 50.2 Å². The molecule has 8 aromatic carbocycles. The predicted molar refractivity (Wildman–Crippen MR) is 208 cm³/mol. The Kier molecular flexibility index (Phi) is 2.90. The quantitative estimate of drug-likeness (QED) is 0.177. The third-order valence-electron chi connectivity index (χ3n) is 8.83. The Balaban J connectivity index is 1.41. The molecule has 8 aromatic rings. The largest absolute Gasteiger partial charge is 0.310 e. The zero-order valence-corrected chi connectivity index (χ0v) is 25.5. The first-order valence-corrected chi connectivity index (χ1v) is 15.2. The Bertz CT molecular complexity index is 3710. The molecule has 0 heterocycles. The van der Waals surface area contributed by atoms with Gasteiger partial charge in [0, 0.05) is 16.9 Å². The molecule has 0 saturated carbocycles. The van der Waals surface area contributed by atoms with Gasteiger partial charge in [0.15, 0.2) is 0 Å². The molecule has 0 N–H and O–H groups in total. The smallest absolute Gasteiger partial charge is 0.0726 e. The minimum atomic E-state index is -2.07. The van der Waals surface area contributed by atoms with E-state index in [0.29, 0.717) is 0 Å². The summed E-state index contributed by atoms with van der Waals surface area (Å²) in [4.78, 5) is 0.852. The van der Waals surface area contributed by atoms with Crippen LogP contribution in [0.25, 0.3) is 44.5 Å². The number of benzene rings is 8. The van der Waals surface area contributed by atoms with Crippen molar-refractivity contribution in [3.63, 3.8) is 0 Å². The molecule has 0 aromatic heterocycles. The number of nitrogens with zero attached hydrogens (tertiary/aromatic N) is 1. The van der Waals surface area contributed by atoms with E-state index in [1.807, 2.05) is 0 Å². The molecule has 0 unspecified atom stereocenters. The van der Waals surface area contributed by atoms with Gasteiger partial charge in [0.25, 0.3) is 0 Å². The average Bonchev–Trinajstić information content (AvgIpc) is 4.13. The van der Waals surface area contributed by atoms with E-state index in [0.717, 1.165) is 4.90 Å². The highest BCUT2D eigenvalue weighted by molar-refractivity contribution is 6.01. The fourth-order valence-electron chi connectivity index (χ4n) is 6.91. The van der Waals surface area contributed by atoms with Crippen molar-refractivity contribution in [1.29, 1.82) is 0 Å². The van der Waals surface area contributed by atoms with Gasteiger partial charge in [-0.2, -0.15) is 0 Å². The van der Waals surface area contributed by atoms with Crippen LogP contribution in [0.5, 0.6) is 0 Å². The normalized spacial score (nSPS) is 20.2. The molecule has 1 heteroatoms. The van der Waals surface area contributed by atoms with E-state index >= 15 is 0 Å². The molecule has 1 spiro atoms. The van der Waals surface area contributed by atoms with Crippen molar-refractivity contribution in [2.75, 3.05) is 4.90 Å². The van der Waals surface area contributed by atoms with Crippen LogP contribution in [0.4, 0.5) is 17.1 Å². The highest BCUT2D eigenvalue weighted by atomic mass is 15.1. The average molecular weight is 662 g/mol. The first-order valence-electron chi connectivity index (χ1n) is 28.2. The second kappa shape index (κ2) is 11.3. The molecule has 234 valence electrons. The maximum absolute atomic E-state index is 9.70. The van der Waals surface area contributed by atoms with Crippen molar-refractivity contribution in [1.82, 2.24) is 0 Å². The summed E-state index contributed by atoms with van der Waals surface area (Å²) < 4.78 is 234. The zero-order chi connectivity index (χ0) is 55.7. The Labute approximate surface area is 329 Å². The van der Waals surface area contributed by atoms with E-state index in [9.17, 15) is 16.4 Å². The van der Waals surface area contributed by atoms with Gasteiger partial charge in [-0.15, -0.1) is 0 Å². The summed E-state index contributed by atoms with van der Waals surface area (Å²) in [5, 5.41) is 0. The highest BCUT2D eigenvalue weighted by Crippen LogP contribution is 2.64. The maximum atomic E-state index is 9.70. The maximum Gasteiger partial charge on any atom is 0.0726 e. The number of rotatable bonds is 5. The van der Waals surface area contributed by atoms with Crippen LogP contribution < -0.4 is 4.90 Å². The first-order chi connectivity index (χ1) is 35.6. The Morgan fingerprint density at radius 2 is 0.820 bits per heavy atom. The number of fused-ring (bicyclic) bond motifs is 10. The van der Waals surface area contributed by atoms with Crippen molar-refractivity contribution in [2.24, 2.45) is 0 Å². The molecule has 0 saturated heterocycles. The molecule has 1 nitrogen and oxygen atoms in total. The summed E-state index contributed by atoms with van der Waals surface area (Å²) in [6, 6.07) is -11.6. The molecule has 50 heavy (non-hydrogen) atoms. The monoisotopic (exact) mass is 661 g/mol. The Morgan fingerprint density at radius 1 is 0.360 bits per heavy atom. The second-order valence-corrected chi connectivity index (χ2v) is 11.3. The molecule has 0 bridgehead atoms. The number of hydrogen-bond donors (Lipinski definition) is 0. The van der Waals surface area contributed by atoms with Crippen molar-refractivity contribution in [2.45, 2.75) is 5.41 Å². The topological polar surface area (TPSA) is 3.24 Å². The van der Waals surface area contributed by atoms with Gasteiger partial charge in [-0.25, -0.2) is 0 Å². The van der Waals surface area contributed by atoms with Crippen LogP contribution in [0.3, 0.4) is 0 Å². The molecular weight excluding hydrogens is 603 g/mol. The van der Waals surface area contributed by atoms with Crippen LogP contribution in [-0.2, 0) is 5.41 Å². The minimum Gasteiger partial charge on any atom is -0.310 e. The predicted octanol–water partition coefficient (Wildman–Crippen LogP) is 12.8. The van der Waals surface area contributed by atoms with Gasteiger partial charge >= 0.3 is 0 Å². The van der Waals surface area contributed by atoms with Gasteiger partial charge in [-0.3, -0.25) is 0 Å². The molecule has 2 aliphatic rings. The molecule has 0 aliphatic heterocycles. The molecule has 0 radical (unpaired) electrons. The third-order valence-corrected chi connectivity index (χ3v) is 8.83. The number of anilines is 3. The summed E-state index contributed by atoms with van der Waals surface area (Å²) in [5.74, 6) is 0. The van der Waals surface area contributed by atoms with E-state index < -0.39 is 196 Å². The van der Waals surface area contributed by atoms with Crippen molar-refractivity contribution >= 4 is 17.1 Å². The van der Waals surface area contributed by atoms with Crippen LogP contribution in [-0.4, -0.2) is 0 Å². The van der Waals surface area contributed by atoms with Gasteiger partial charge in [-0.05, 0) is 91.4 Å². The fourth-order valence-corrected chi connectivity index (χ4v) is 6.91. The van der Waals surface area contributed by atoms with E-state index in [2.05, 4.69) is 0 Å². The summed E-state index contributed by atoms with van der Waals surface area (Å²) in [6.45, 7) is 0. The number of hydrogen-bond acceptors (Lipinski definition) is 1. The highest BCUT2D eigenvalue weighted by Gasteiger charge is 2.52. The van der Waals surface area contributed by atoms with Gasteiger partial charge in [-0.1, -0.05) is 169 Å². The van der Waals surface area contributed by atoms with Gasteiger partial charge in [0.05, 0.1) is 46.7 Å². The second-order valence-electron chi connectivity index (χ2n) is 11.3. The van der Waals surface area contributed by atoms with Crippen molar-refractivity contribution < 1.29 is 35.6 Å². The Hall–Kier alpha value is -6.44. The van der Waals surface area contributed by atoms with Crippen LogP contribution >= 0.6 is 0 Å². The fraction of sp³-hybridized carbons (Fsp3) is 0.0204. The molecule has 2 aliphatic carbocycles. The Morgan fingerprint density at radius 3 is 1.38 bits per heavy atom. The van der Waals surface area contributed by atoms with Gasteiger partial charge < -0.3 is 4.90 Å². The van der Waals surface area contributed by atoms with E-state index in [1.165, 1.54) is 18.2 Å². The lowest BCUT2D eigenvalue weighted by Crippen LogP contribution is -2.26. The summed E-state index contributed by atoms with van der Waals surface area (Å²) in [5.41, 5.74) is -7.36. The van der Waals surface area contributed by atoms with Crippen molar-refractivity contribution in [3.05, 3.63) is 222 Å². The lowest BCUT2D eigenvalue weighted by molar-refractivity contribution is 0.794. The summed E-state index contributed by atoms with van der Waals surface area (Å²) in [6.07, 6.45) is 0. The molecule has 0 fully saturated rings. The lowest BCUT2D eigenvalue weighted by Gasteiger charge is -2.32. The summed E-state index contributed by atoms with van der Waals surface area (Å²) >= 11 is 0. The zero-order valence-electron chi connectivity index (χ0n) is 51.5. The van der Waals surface area contributed by atoms with Crippen molar-refractivity contribution in [3.8, 4) is 44.5 Å². The molecule has 0 amide bonds. The van der Waals surface area contributed by atoms with E-state index in [4.69, 9.17) is 19.2 Å². The molecule has 10 rings (SSSR count). The van der Waals surface area contributed by atoms with Crippen LogP contribution in [0.15, 0.2) is 200 Å². The lowest BCUT2D eigenvalue weighted by atomic mass is 9.70. The summed E-state index contributed by atoms with van der Waals surface area (Å²) in [7, 11) is 0. The standard InChI is InChI=1S/C49H33N/c1-3-14-34(15-4-1)36-26-30-38(31-27-36)50(39-32-28-37(29-33-39)35-16-5-2-6-17-35)47-25-13-24-46-48(47)42-20-9-12-23-45(42)49(46)43-21-10-7-18-40(43)41-19-8-11-22-44(41)49/h1-33H/i1D,2D,3D,4D,5D,6D,7D,8D,10D,11D,14D,15D,16D,17D,18D,19D,21D,22D,26D,27D,28D,29D,30D,31D,32D,33D. The molecule has 0 atom stereocenters. The minimum absolute atomic E-state index is 0.00478. The third kappa shape index (κ3) is 4.14. The van der Waals surface area contributed by atoms with Crippen LogP contribution in [0, 0.1) is 0 Å². The van der Waals surface area contributed by atoms with Crippen LogP contribution in [0.1, 0.15) is 57.9 Å². The first kappa shape index (κ1) is 12.8. The van der Waals surface area contributed by atoms with E-state index in [1.54, 1.807) is 24.3 Å². The molecular formula is C49H33N. The SMILES string of the molecule is [2H]c1c([2H])c([2H])c(-c2c([2H])c([2H])c(N(c3cccc4c3-c3ccccc3C43c4c([2H])c([2H])c([2H])c([2H])c4-c4c([2H])c([2H])c([2H])c([2H])c43)c3c([2H])c([2H])c(-c4c([2H])c([2H])c([2H])c([2H])c4[2H])c([2H])c3[2H])c([2H])c2[2H])c([2H])c1[2H]. The van der Waals surface area contributed by atoms with Crippen LogP contribution in [0.2, 0.25) is 0 Å². The van der Waals surface area contributed by atoms with Gasteiger partial charge in [0.1, 0.15) is 0 Å². The van der Waals surface area contributed by atoms with Gasteiger partial charge in [0.2, 0.25) is 0 Å².